The van der Waals surface area contributed by atoms with Crippen LogP contribution in [0, 0.1) is 11.8 Å². The zero-order valence-electron chi connectivity index (χ0n) is 19.8. The number of carbonyl (C=O) groups is 2. The number of carboxylic acids is 2. The number of aliphatic hydroxyl groups is 2. The van der Waals surface area contributed by atoms with Crippen molar-refractivity contribution in [1.82, 2.24) is 0 Å². The van der Waals surface area contributed by atoms with E-state index in [1.165, 1.54) is 0 Å². The van der Waals surface area contributed by atoms with Gasteiger partial charge in [0.05, 0.1) is 23.3 Å². The van der Waals surface area contributed by atoms with Gasteiger partial charge in [0.15, 0.2) is 0 Å². The average molecular weight is 459 g/mol. The molecule has 0 aliphatic heterocycles. The van der Waals surface area contributed by atoms with E-state index in [4.69, 9.17) is 10.2 Å². The first-order valence-electron chi connectivity index (χ1n) is 11.2. The first-order chi connectivity index (χ1) is 15.7. The molecule has 4 unspecified atom stereocenters. The minimum atomic E-state index is -0.879. The van der Waals surface area contributed by atoms with Crippen LogP contribution in [0.2, 0.25) is 0 Å². The lowest BCUT2D eigenvalue weighted by molar-refractivity contribution is -0.00683. The highest BCUT2D eigenvalue weighted by Gasteiger charge is 2.28. The number of carboxylic acid groups (broad SMARTS) is 2. The van der Waals surface area contributed by atoms with E-state index in [2.05, 4.69) is 20.4 Å². The molecule has 0 aromatic heterocycles. The van der Waals surface area contributed by atoms with Gasteiger partial charge in [0, 0.05) is 11.8 Å². The van der Waals surface area contributed by atoms with E-state index in [1.54, 1.807) is 67.6 Å². The van der Waals surface area contributed by atoms with E-state index in [9.17, 15) is 19.8 Å². The molecule has 182 valence electrons. The summed E-state index contributed by atoms with van der Waals surface area (Å²) in [6.07, 6.45) is 4.75. The first-order valence-corrected chi connectivity index (χ1v) is 11.2. The van der Waals surface area contributed by atoms with Crippen molar-refractivity contribution >= 4 is 11.9 Å². The molecule has 2 aromatic carbocycles. The molecule has 0 heterocycles. The number of aliphatic hydroxyl groups excluding tert-OH is 2. The van der Waals surface area contributed by atoms with E-state index in [0.717, 1.165) is 25.7 Å². The van der Waals surface area contributed by atoms with E-state index in [1.807, 2.05) is 6.08 Å². The fourth-order valence-electron chi connectivity index (χ4n) is 3.27. The van der Waals surface area contributed by atoms with Gasteiger partial charge in [0.1, 0.15) is 0 Å². The Balaban J connectivity index is 0.000000489. The molecule has 2 aromatic rings. The molecule has 0 radical (unpaired) electrons. The van der Waals surface area contributed by atoms with Gasteiger partial charge in [-0.25, -0.2) is 9.59 Å². The summed E-state index contributed by atoms with van der Waals surface area (Å²) < 4.78 is 0. The molecular formula is C27H38O6. The Morgan fingerprint density at radius 1 is 0.818 bits per heavy atom. The third-order valence-electron chi connectivity index (χ3n) is 5.09. The van der Waals surface area contributed by atoms with Crippen LogP contribution in [0.5, 0.6) is 0 Å². The van der Waals surface area contributed by atoms with Crippen molar-refractivity contribution in [2.75, 3.05) is 0 Å². The van der Waals surface area contributed by atoms with Crippen LogP contribution in [0.25, 0.3) is 0 Å². The van der Waals surface area contributed by atoms with Gasteiger partial charge in [-0.2, -0.15) is 0 Å². The molecule has 6 heteroatoms. The molecule has 0 amide bonds. The Morgan fingerprint density at radius 3 is 1.45 bits per heavy atom. The maximum Gasteiger partial charge on any atom is 0.335 e. The number of rotatable bonds is 10. The minimum absolute atomic E-state index is 0.0236. The Labute approximate surface area is 197 Å². The Bertz CT molecular complexity index is 739. The summed E-state index contributed by atoms with van der Waals surface area (Å²) in [7, 11) is 0. The van der Waals surface area contributed by atoms with E-state index < -0.39 is 24.1 Å². The fourth-order valence-corrected chi connectivity index (χ4v) is 3.27. The molecule has 4 N–H and O–H groups in total. The summed E-state index contributed by atoms with van der Waals surface area (Å²) in [4.78, 5) is 20.4. The number of hydrogen-bond donors (Lipinski definition) is 4. The predicted molar refractivity (Wildman–Crippen MR) is 131 cm³/mol. The van der Waals surface area contributed by atoms with E-state index in [0.29, 0.717) is 11.1 Å². The number of hydrogen-bond acceptors (Lipinski definition) is 4. The van der Waals surface area contributed by atoms with Gasteiger partial charge in [-0.3, -0.25) is 0 Å². The third kappa shape index (κ3) is 12.6. The zero-order chi connectivity index (χ0) is 25.2. The van der Waals surface area contributed by atoms with Gasteiger partial charge in [0.2, 0.25) is 0 Å². The Morgan fingerprint density at radius 2 is 1.21 bits per heavy atom. The quantitative estimate of drug-likeness (QED) is 0.349. The molecule has 0 aliphatic carbocycles. The topological polar surface area (TPSA) is 115 Å². The predicted octanol–water partition coefficient (Wildman–Crippen LogP) is 5.52. The summed E-state index contributed by atoms with van der Waals surface area (Å²) in [5.74, 6) is -1.67. The fraction of sp³-hybridized carbons (Fsp3) is 0.407. The molecule has 0 spiro atoms. The van der Waals surface area contributed by atoms with Crippen LogP contribution in [-0.2, 0) is 0 Å². The Kier molecular flexibility index (Phi) is 16.0. The lowest BCUT2D eigenvalue weighted by Gasteiger charge is -2.29. The van der Waals surface area contributed by atoms with Crippen LogP contribution in [0.1, 0.15) is 67.2 Å². The molecule has 33 heavy (non-hydrogen) atoms. The number of benzene rings is 2. The molecular weight excluding hydrogens is 420 g/mol. The highest BCUT2D eigenvalue weighted by atomic mass is 16.4. The molecule has 4 atom stereocenters. The molecule has 0 saturated heterocycles. The van der Waals surface area contributed by atoms with Gasteiger partial charge in [-0.1, -0.05) is 69.2 Å². The Hall–Kier alpha value is -2.96. The summed E-state index contributed by atoms with van der Waals surface area (Å²) in [6.45, 7) is 9.69. The second kappa shape index (κ2) is 17.6. The van der Waals surface area contributed by atoms with Crippen molar-refractivity contribution in [1.29, 1.82) is 0 Å². The van der Waals surface area contributed by atoms with Crippen LogP contribution in [-0.4, -0.2) is 44.6 Å². The van der Waals surface area contributed by atoms with Crippen molar-refractivity contribution in [2.24, 2.45) is 11.8 Å². The molecule has 0 fully saturated rings. The van der Waals surface area contributed by atoms with Gasteiger partial charge in [-0.15, -0.1) is 6.58 Å². The lowest BCUT2D eigenvalue weighted by atomic mass is 9.83. The first kappa shape index (κ1) is 30.0. The van der Waals surface area contributed by atoms with Crippen molar-refractivity contribution in [3.8, 4) is 0 Å². The summed E-state index contributed by atoms with van der Waals surface area (Å²) in [5, 5.41) is 36.6. The molecule has 2 rings (SSSR count). The maximum absolute atomic E-state index is 10.2. The number of aromatic carboxylic acids is 2. The largest absolute Gasteiger partial charge is 0.478 e. The smallest absolute Gasteiger partial charge is 0.335 e. The summed E-state index contributed by atoms with van der Waals surface area (Å²) in [6, 6.07) is 16.6. The van der Waals surface area contributed by atoms with E-state index in [-0.39, 0.29) is 11.8 Å². The molecule has 0 bridgehead atoms. The highest BCUT2D eigenvalue weighted by molar-refractivity contribution is 5.87. The normalized spacial score (nSPS) is 13.6. The monoisotopic (exact) mass is 458 g/mol. The minimum Gasteiger partial charge on any atom is -0.478 e. The zero-order valence-corrected chi connectivity index (χ0v) is 19.8. The second-order valence-corrected chi connectivity index (χ2v) is 7.71. The summed E-state index contributed by atoms with van der Waals surface area (Å²) >= 11 is 0. The van der Waals surface area contributed by atoms with Gasteiger partial charge < -0.3 is 20.4 Å². The van der Waals surface area contributed by atoms with Gasteiger partial charge >= 0.3 is 11.9 Å². The van der Waals surface area contributed by atoms with Crippen LogP contribution in [0.15, 0.2) is 73.3 Å². The van der Waals surface area contributed by atoms with Crippen LogP contribution >= 0.6 is 0 Å². The van der Waals surface area contributed by atoms with Gasteiger partial charge in [0.25, 0.3) is 0 Å². The molecule has 6 nitrogen and oxygen atoms in total. The SMILES string of the molecule is C=CC(CCC)C(O)C(CCC)C(C)O.O=C(O)c1ccccc1.O=C(O)c1ccccc1. The van der Waals surface area contributed by atoms with Gasteiger partial charge in [-0.05, 0) is 44.0 Å². The molecule has 0 aliphatic rings. The second-order valence-electron chi connectivity index (χ2n) is 7.71. The standard InChI is InChI=1S/C13H26O2.2C7H6O2/c1-5-8-11(7-3)13(15)12(9-6-2)10(4)14;2*8-7(9)6-4-2-1-3-5-6/h7,10-15H,3,5-6,8-9H2,1-2,4H3;2*1-5H,(H,8,9). The van der Waals surface area contributed by atoms with Crippen LogP contribution < -0.4 is 0 Å². The highest BCUT2D eigenvalue weighted by Crippen LogP contribution is 2.25. The van der Waals surface area contributed by atoms with E-state index >= 15 is 0 Å². The third-order valence-corrected chi connectivity index (χ3v) is 5.09. The van der Waals surface area contributed by atoms with Crippen LogP contribution in [0.3, 0.4) is 0 Å². The summed E-state index contributed by atoms with van der Waals surface area (Å²) in [5.41, 5.74) is 0.662. The lowest BCUT2D eigenvalue weighted by Crippen LogP contribution is -2.35. The van der Waals surface area contributed by atoms with Crippen molar-refractivity contribution in [3.05, 3.63) is 84.4 Å². The maximum atomic E-state index is 10.2. The average Bonchev–Trinajstić information content (AvgIpc) is 2.82. The van der Waals surface area contributed by atoms with Crippen molar-refractivity contribution in [3.63, 3.8) is 0 Å². The van der Waals surface area contributed by atoms with Crippen LogP contribution in [0.4, 0.5) is 0 Å². The molecule has 0 saturated carbocycles. The van der Waals surface area contributed by atoms with Crippen molar-refractivity contribution in [2.45, 2.75) is 58.7 Å². The van der Waals surface area contributed by atoms with Crippen molar-refractivity contribution < 1.29 is 30.0 Å².